The molecule has 1 N–H and O–H groups in total. The number of aryl methyl sites for hydroxylation is 2. The number of nitrogens with one attached hydrogen (secondary N) is 1. The minimum Gasteiger partial charge on any atom is -0.492 e. The van der Waals surface area contributed by atoms with Crippen LogP contribution in [0, 0.1) is 19.8 Å². The van der Waals surface area contributed by atoms with E-state index in [1.807, 2.05) is 32.0 Å². The maximum atomic E-state index is 12.2. The molecule has 7 nitrogen and oxygen atoms in total. The highest BCUT2D eigenvalue weighted by Crippen LogP contribution is 2.37. The molecule has 2 bridgehead atoms. The quantitative estimate of drug-likeness (QED) is 0.759. The van der Waals surface area contributed by atoms with Gasteiger partial charge in [-0.25, -0.2) is 9.97 Å². The Morgan fingerprint density at radius 3 is 2.73 bits per heavy atom. The number of aromatic nitrogens is 2. The highest BCUT2D eigenvalue weighted by molar-refractivity contribution is 5.95. The third kappa shape index (κ3) is 3.91. The zero-order chi connectivity index (χ0) is 20.7. The van der Waals surface area contributed by atoms with Crippen molar-refractivity contribution in [3.63, 3.8) is 0 Å². The largest absolute Gasteiger partial charge is 0.492 e. The van der Waals surface area contributed by atoms with Crippen LogP contribution in [0.25, 0.3) is 11.1 Å². The summed E-state index contributed by atoms with van der Waals surface area (Å²) in [5.74, 6) is 1.05. The Morgan fingerprint density at radius 1 is 1.27 bits per heavy atom. The van der Waals surface area contributed by atoms with E-state index in [4.69, 9.17) is 9.47 Å². The molecule has 0 spiro atoms. The second kappa shape index (κ2) is 7.96. The number of carbonyl (C=O) groups is 1. The van der Waals surface area contributed by atoms with Crippen molar-refractivity contribution < 1.29 is 14.3 Å². The smallest absolute Gasteiger partial charge is 0.227 e. The topological polar surface area (TPSA) is 76.6 Å². The van der Waals surface area contributed by atoms with Crippen molar-refractivity contribution in [2.75, 3.05) is 31.6 Å². The van der Waals surface area contributed by atoms with Crippen molar-refractivity contribution in [2.24, 2.45) is 5.92 Å². The number of rotatable bonds is 7. The van der Waals surface area contributed by atoms with E-state index in [2.05, 4.69) is 20.2 Å². The second-order valence-corrected chi connectivity index (χ2v) is 8.58. The fraction of sp³-hybridized carbons (Fsp3) is 0.522. The molecule has 3 aliphatic rings. The first-order valence-electron chi connectivity index (χ1n) is 10.8. The van der Waals surface area contributed by atoms with Crippen LogP contribution in [0.5, 0.6) is 5.75 Å². The molecule has 2 aromatic rings. The van der Waals surface area contributed by atoms with Crippen molar-refractivity contribution in [3.8, 4) is 16.9 Å². The van der Waals surface area contributed by atoms with E-state index in [1.54, 1.807) is 6.33 Å². The molecule has 2 atom stereocenters. The molecule has 0 unspecified atom stereocenters. The van der Waals surface area contributed by atoms with Crippen LogP contribution in [0.2, 0.25) is 0 Å². The molecule has 1 saturated carbocycles. The number of fused-ring (bicyclic) bond motifs is 2. The van der Waals surface area contributed by atoms with Crippen molar-refractivity contribution in [1.82, 2.24) is 14.9 Å². The SMILES string of the molecule is Cc1ncnc(C)c1-c1cc(NC(=O)C2CC2)ccc1OCCN1C[C@@H]2C[C@H]1CO2. The lowest BCUT2D eigenvalue weighted by atomic mass is 10.0. The zero-order valence-electron chi connectivity index (χ0n) is 17.6. The molecular formula is C23H28N4O3. The summed E-state index contributed by atoms with van der Waals surface area (Å²) >= 11 is 0. The zero-order valence-corrected chi connectivity index (χ0v) is 17.6. The number of hydrogen-bond acceptors (Lipinski definition) is 6. The van der Waals surface area contributed by atoms with Gasteiger partial charge in [0.25, 0.3) is 0 Å². The first-order chi connectivity index (χ1) is 14.6. The molecule has 3 fully saturated rings. The third-order valence-electron chi connectivity index (χ3n) is 6.34. The number of anilines is 1. The standard InChI is InChI=1S/C23H28N4O3/c1-14-22(15(2)25-13-24-14)20-9-17(26-23(28)16-3-4-16)5-6-21(20)29-8-7-27-11-19-10-18(27)12-30-19/h5-6,9,13,16,18-19H,3-4,7-8,10-12H2,1-2H3,(H,26,28)/t18-,19-/m0/s1. The van der Waals surface area contributed by atoms with E-state index in [9.17, 15) is 4.79 Å². The van der Waals surface area contributed by atoms with Gasteiger partial charge in [-0.05, 0) is 51.3 Å². The van der Waals surface area contributed by atoms with Gasteiger partial charge in [0.05, 0.1) is 12.7 Å². The number of carbonyl (C=O) groups excluding carboxylic acids is 1. The molecule has 2 aliphatic heterocycles. The van der Waals surface area contributed by atoms with Gasteiger partial charge in [0, 0.05) is 53.3 Å². The van der Waals surface area contributed by atoms with Gasteiger partial charge >= 0.3 is 0 Å². The maximum absolute atomic E-state index is 12.2. The molecule has 7 heteroatoms. The van der Waals surface area contributed by atoms with Gasteiger partial charge < -0.3 is 14.8 Å². The fourth-order valence-electron chi connectivity index (χ4n) is 4.53. The van der Waals surface area contributed by atoms with E-state index < -0.39 is 0 Å². The Labute approximate surface area is 176 Å². The van der Waals surface area contributed by atoms with Crippen LogP contribution in [0.15, 0.2) is 24.5 Å². The highest BCUT2D eigenvalue weighted by Gasteiger charge is 2.38. The Morgan fingerprint density at radius 2 is 2.07 bits per heavy atom. The molecule has 158 valence electrons. The molecule has 1 aromatic heterocycles. The van der Waals surface area contributed by atoms with Crippen molar-refractivity contribution in [3.05, 3.63) is 35.9 Å². The number of ether oxygens (including phenoxy) is 2. The van der Waals surface area contributed by atoms with E-state index in [0.29, 0.717) is 18.8 Å². The number of amides is 1. The summed E-state index contributed by atoms with van der Waals surface area (Å²) in [4.78, 5) is 23.5. The summed E-state index contributed by atoms with van der Waals surface area (Å²) in [5, 5.41) is 3.04. The Kier molecular flexibility index (Phi) is 5.16. The monoisotopic (exact) mass is 408 g/mol. The van der Waals surface area contributed by atoms with Gasteiger partial charge in [0.1, 0.15) is 18.7 Å². The number of morpholine rings is 1. The van der Waals surface area contributed by atoms with Crippen molar-refractivity contribution in [1.29, 1.82) is 0 Å². The molecule has 1 aliphatic carbocycles. The normalized spacial score (nSPS) is 23.0. The molecule has 1 aromatic carbocycles. The number of hydrogen-bond donors (Lipinski definition) is 1. The van der Waals surface area contributed by atoms with Gasteiger partial charge in [-0.15, -0.1) is 0 Å². The summed E-state index contributed by atoms with van der Waals surface area (Å²) in [6, 6.07) is 6.38. The van der Waals surface area contributed by atoms with Crippen molar-refractivity contribution >= 4 is 11.6 Å². The predicted molar refractivity (Wildman–Crippen MR) is 114 cm³/mol. The summed E-state index contributed by atoms with van der Waals surface area (Å²) in [6.07, 6.45) is 5.08. The minimum absolute atomic E-state index is 0.0960. The van der Waals surface area contributed by atoms with Crippen LogP contribution < -0.4 is 10.1 Å². The van der Waals surface area contributed by atoms with Crippen LogP contribution >= 0.6 is 0 Å². The summed E-state index contributed by atoms with van der Waals surface area (Å²) in [5.41, 5.74) is 4.46. The van der Waals surface area contributed by atoms with Gasteiger partial charge in [-0.1, -0.05) is 0 Å². The van der Waals surface area contributed by atoms with Crippen LogP contribution in [-0.4, -0.2) is 59.2 Å². The molecule has 0 radical (unpaired) electrons. The summed E-state index contributed by atoms with van der Waals surface area (Å²) in [6.45, 7) is 7.28. The molecule has 3 heterocycles. The van der Waals surface area contributed by atoms with Crippen LogP contribution in [0.1, 0.15) is 30.7 Å². The Hall–Kier alpha value is -2.51. The molecule has 5 rings (SSSR count). The lowest BCUT2D eigenvalue weighted by Gasteiger charge is -2.26. The van der Waals surface area contributed by atoms with Crippen LogP contribution in [0.3, 0.4) is 0 Å². The summed E-state index contributed by atoms with van der Waals surface area (Å²) < 4.78 is 11.9. The maximum Gasteiger partial charge on any atom is 0.227 e. The van der Waals surface area contributed by atoms with Gasteiger partial charge in [-0.2, -0.15) is 0 Å². The summed E-state index contributed by atoms with van der Waals surface area (Å²) in [7, 11) is 0. The average molecular weight is 409 g/mol. The van der Waals surface area contributed by atoms with Gasteiger partial charge in [0.15, 0.2) is 0 Å². The highest BCUT2D eigenvalue weighted by atomic mass is 16.5. The molecular weight excluding hydrogens is 380 g/mol. The predicted octanol–water partition coefficient (Wildman–Crippen LogP) is 2.96. The lowest BCUT2D eigenvalue weighted by molar-refractivity contribution is -0.117. The number of likely N-dealkylation sites (tertiary alicyclic amines) is 1. The third-order valence-corrected chi connectivity index (χ3v) is 6.34. The first kappa shape index (κ1) is 19.5. The van der Waals surface area contributed by atoms with Crippen LogP contribution in [-0.2, 0) is 9.53 Å². The van der Waals surface area contributed by atoms with E-state index in [1.165, 1.54) is 0 Å². The van der Waals surface area contributed by atoms with E-state index in [-0.39, 0.29) is 11.8 Å². The Balaban J connectivity index is 1.37. The first-order valence-corrected chi connectivity index (χ1v) is 10.8. The van der Waals surface area contributed by atoms with Crippen molar-refractivity contribution in [2.45, 2.75) is 45.3 Å². The number of benzene rings is 1. The Bertz CT molecular complexity index is 939. The molecule has 1 amide bonds. The van der Waals surface area contributed by atoms with Crippen LogP contribution in [0.4, 0.5) is 5.69 Å². The van der Waals surface area contributed by atoms with E-state index in [0.717, 1.165) is 72.9 Å². The number of nitrogens with zero attached hydrogens (tertiary/aromatic N) is 3. The molecule has 30 heavy (non-hydrogen) atoms. The second-order valence-electron chi connectivity index (χ2n) is 8.58. The molecule has 2 saturated heterocycles. The van der Waals surface area contributed by atoms with Gasteiger partial charge in [0.2, 0.25) is 5.91 Å². The average Bonchev–Trinajstić information content (AvgIpc) is 3.38. The lowest BCUT2D eigenvalue weighted by Crippen LogP contribution is -2.39. The van der Waals surface area contributed by atoms with Gasteiger partial charge in [-0.3, -0.25) is 9.69 Å². The fourth-order valence-corrected chi connectivity index (χ4v) is 4.53. The minimum atomic E-state index is 0.0960. The van der Waals surface area contributed by atoms with E-state index >= 15 is 0 Å².